The van der Waals surface area contributed by atoms with E-state index in [1.165, 1.54) is 37.7 Å². The fourth-order valence-corrected chi connectivity index (χ4v) is 6.05. The van der Waals surface area contributed by atoms with Crippen LogP contribution in [0.15, 0.2) is 66.7 Å². The van der Waals surface area contributed by atoms with E-state index in [0.29, 0.717) is 23.3 Å². The van der Waals surface area contributed by atoms with Crippen molar-refractivity contribution in [2.45, 2.75) is 97.2 Å². The van der Waals surface area contributed by atoms with Gasteiger partial charge in [0.2, 0.25) is 0 Å². The van der Waals surface area contributed by atoms with E-state index in [-0.39, 0.29) is 5.97 Å². The topological polar surface area (TPSA) is 68.2 Å². The molecule has 0 aliphatic heterocycles. The molecule has 6 nitrogen and oxygen atoms in total. The maximum atomic E-state index is 12.9. The lowest BCUT2D eigenvalue weighted by molar-refractivity contribution is 0.00704. The fraction of sp³-hybridized carbons (Fsp3) is 0.417. The molecule has 0 unspecified atom stereocenters. The molecule has 4 aromatic rings. The van der Waals surface area contributed by atoms with E-state index in [2.05, 4.69) is 64.6 Å². The highest BCUT2D eigenvalue weighted by Gasteiger charge is 2.21. The summed E-state index contributed by atoms with van der Waals surface area (Å²) >= 11 is 5.67. The van der Waals surface area contributed by atoms with Gasteiger partial charge in [-0.3, -0.25) is 0 Å². The second kappa shape index (κ2) is 13.7. The summed E-state index contributed by atoms with van der Waals surface area (Å²) in [6, 6.07) is 22.9. The number of anilines is 1. The van der Waals surface area contributed by atoms with E-state index >= 15 is 0 Å². The van der Waals surface area contributed by atoms with Gasteiger partial charge in [-0.15, -0.1) is 0 Å². The number of unbranched alkanes of at least 4 members (excludes halogenated alkanes) is 1. The zero-order chi connectivity index (χ0) is 30.4. The highest BCUT2D eigenvalue weighted by atomic mass is 32.1. The SMILES string of the molecule is CCCCc1nc2ccc(NC(=S)NC3CCCCC3)cc2n1Cc1ccc(-c2ccccc2C(=O)OC(C)(C)C)cc1. The number of ether oxygens (including phenoxy) is 1. The van der Waals surface area contributed by atoms with Gasteiger partial charge in [0.05, 0.1) is 16.6 Å². The minimum atomic E-state index is -0.552. The smallest absolute Gasteiger partial charge is 0.339 e. The average Bonchev–Trinajstić information content (AvgIpc) is 3.32. The summed E-state index contributed by atoms with van der Waals surface area (Å²) in [6.45, 7) is 8.58. The number of hydrogen-bond donors (Lipinski definition) is 2. The Balaban J connectivity index is 1.38. The van der Waals surface area contributed by atoms with Gasteiger partial charge in [-0.25, -0.2) is 9.78 Å². The standard InChI is InChI=1S/C36H44N4O2S/c1-5-6-16-33-39-31-22-21-28(38-35(43)37-27-12-8-7-9-13-27)23-32(31)40(33)24-25-17-19-26(20-18-25)29-14-10-11-15-30(29)34(41)42-36(2,3)4/h10-11,14-15,17-23,27H,5-9,12-13,16,24H2,1-4H3,(H2,37,38,43). The highest BCUT2D eigenvalue weighted by Crippen LogP contribution is 2.28. The summed E-state index contributed by atoms with van der Waals surface area (Å²) in [5.74, 6) is 0.784. The quantitative estimate of drug-likeness (QED) is 0.149. The Morgan fingerprint density at radius 2 is 1.77 bits per heavy atom. The van der Waals surface area contributed by atoms with E-state index in [0.717, 1.165) is 52.9 Å². The number of carbonyl (C=O) groups is 1. The molecule has 7 heteroatoms. The number of esters is 1. The average molecular weight is 597 g/mol. The van der Waals surface area contributed by atoms with Gasteiger partial charge in [-0.05, 0) is 93.2 Å². The molecule has 1 saturated carbocycles. The van der Waals surface area contributed by atoms with Gasteiger partial charge in [0.15, 0.2) is 5.11 Å². The molecule has 5 rings (SSSR count). The minimum absolute atomic E-state index is 0.310. The second-order valence-corrected chi connectivity index (χ2v) is 13.0. The van der Waals surface area contributed by atoms with Gasteiger partial charge in [0.1, 0.15) is 11.4 Å². The first-order chi connectivity index (χ1) is 20.7. The number of carbonyl (C=O) groups excluding carboxylic acids is 1. The lowest BCUT2D eigenvalue weighted by atomic mass is 9.96. The number of aryl methyl sites for hydroxylation is 1. The first-order valence-electron chi connectivity index (χ1n) is 15.7. The number of fused-ring (bicyclic) bond motifs is 1. The van der Waals surface area contributed by atoms with E-state index < -0.39 is 5.60 Å². The Kier molecular flexibility index (Phi) is 9.81. The number of hydrogen-bond acceptors (Lipinski definition) is 4. The van der Waals surface area contributed by atoms with Gasteiger partial charge in [-0.1, -0.05) is 75.1 Å². The van der Waals surface area contributed by atoms with Gasteiger partial charge in [0, 0.05) is 24.7 Å². The van der Waals surface area contributed by atoms with Crippen molar-refractivity contribution in [1.29, 1.82) is 0 Å². The third-order valence-electron chi connectivity index (χ3n) is 7.93. The summed E-state index contributed by atoms with van der Waals surface area (Å²) in [5.41, 5.74) is 6.10. The zero-order valence-electron chi connectivity index (χ0n) is 25.9. The maximum Gasteiger partial charge on any atom is 0.339 e. The third kappa shape index (κ3) is 8.02. The molecule has 1 aromatic heterocycles. The normalized spacial score (nSPS) is 14.0. The van der Waals surface area contributed by atoms with E-state index in [1.54, 1.807) is 0 Å². The molecule has 0 spiro atoms. The Morgan fingerprint density at radius 1 is 1.02 bits per heavy atom. The van der Waals surface area contributed by atoms with Crippen molar-refractivity contribution >= 4 is 40.0 Å². The van der Waals surface area contributed by atoms with E-state index in [4.69, 9.17) is 21.9 Å². The molecule has 2 N–H and O–H groups in total. The fourth-order valence-electron chi connectivity index (χ4n) is 5.77. The molecule has 0 radical (unpaired) electrons. The Labute approximate surface area is 261 Å². The molecule has 1 aliphatic rings. The number of imidazole rings is 1. The van der Waals surface area contributed by atoms with E-state index in [1.807, 2.05) is 45.0 Å². The summed E-state index contributed by atoms with van der Waals surface area (Å²) in [7, 11) is 0. The van der Waals surface area contributed by atoms with Gasteiger partial charge in [-0.2, -0.15) is 0 Å². The molecular weight excluding hydrogens is 552 g/mol. The van der Waals surface area contributed by atoms with Crippen LogP contribution in [0.3, 0.4) is 0 Å². The van der Waals surface area contributed by atoms with Crippen LogP contribution in [0.5, 0.6) is 0 Å². The minimum Gasteiger partial charge on any atom is -0.456 e. The van der Waals surface area contributed by atoms with Crippen LogP contribution in [0.1, 0.15) is 94.4 Å². The predicted molar refractivity (Wildman–Crippen MR) is 181 cm³/mol. The van der Waals surface area contributed by atoms with Crippen LogP contribution in [-0.2, 0) is 17.7 Å². The Bertz CT molecular complexity index is 1560. The molecule has 1 aliphatic carbocycles. The summed E-state index contributed by atoms with van der Waals surface area (Å²) < 4.78 is 8.00. The Hall–Kier alpha value is -3.71. The predicted octanol–water partition coefficient (Wildman–Crippen LogP) is 8.67. The Morgan fingerprint density at radius 3 is 2.49 bits per heavy atom. The number of rotatable bonds is 9. The third-order valence-corrected chi connectivity index (χ3v) is 8.15. The summed E-state index contributed by atoms with van der Waals surface area (Å²) in [6.07, 6.45) is 9.34. The van der Waals surface area contributed by atoms with Crippen molar-refractivity contribution in [3.63, 3.8) is 0 Å². The number of benzene rings is 3. The van der Waals surface area contributed by atoms with Crippen molar-refractivity contribution in [1.82, 2.24) is 14.9 Å². The lowest BCUT2D eigenvalue weighted by Gasteiger charge is -2.24. The second-order valence-electron chi connectivity index (χ2n) is 12.6. The molecule has 3 aromatic carbocycles. The van der Waals surface area contributed by atoms with Crippen LogP contribution in [0.4, 0.5) is 5.69 Å². The van der Waals surface area contributed by atoms with Gasteiger partial charge < -0.3 is 19.9 Å². The molecule has 1 fully saturated rings. The summed E-state index contributed by atoms with van der Waals surface area (Å²) in [5, 5.41) is 7.62. The van der Waals surface area contributed by atoms with Gasteiger partial charge in [0.25, 0.3) is 0 Å². The van der Waals surface area contributed by atoms with Crippen LogP contribution >= 0.6 is 12.2 Å². The zero-order valence-corrected chi connectivity index (χ0v) is 26.7. The number of thiocarbonyl (C=S) groups is 1. The molecule has 0 saturated heterocycles. The highest BCUT2D eigenvalue weighted by molar-refractivity contribution is 7.80. The summed E-state index contributed by atoms with van der Waals surface area (Å²) in [4.78, 5) is 17.9. The van der Waals surface area contributed by atoms with Crippen molar-refractivity contribution in [3.05, 3.63) is 83.7 Å². The van der Waals surface area contributed by atoms with Crippen LogP contribution in [0.2, 0.25) is 0 Å². The molecule has 0 bridgehead atoms. The number of nitrogens with zero attached hydrogens (tertiary/aromatic N) is 2. The molecule has 43 heavy (non-hydrogen) atoms. The lowest BCUT2D eigenvalue weighted by Crippen LogP contribution is -2.38. The molecule has 226 valence electrons. The number of nitrogens with one attached hydrogen (secondary N) is 2. The monoisotopic (exact) mass is 596 g/mol. The van der Waals surface area contributed by atoms with Crippen LogP contribution in [-0.4, -0.2) is 32.3 Å². The maximum absolute atomic E-state index is 12.9. The first kappa shape index (κ1) is 30.7. The number of aromatic nitrogens is 2. The van der Waals surface area contributed by atoms with Crippen LogP contribution in [0.25, 0.3) is 22.2 Å². The molecule has 0 atom stereocenters. The van der Waals surface area contributed by atoms with Crippen molar-refractivity contribution in [2.24, 2.45) is 0 Å². The van der Waals surface area contributed by atoms with E-state index in [9.17, 15) is 4.79 Å². The van der Waals surface area contributed by atoms with Crippen molar-refractivity contribution < 1.29 is 9.53 Å². The largest absolute Gasteiger partial charge is 0.456 e. The first-order valence-corrected chi connectivity index (χ1v) is 16.1. The van der Waals surface area contributed by atoms with Crippen LogP contribution in [0, 0.1) is 0 Å². The van der Waals surface area contributed by atoms with Gasteiger partial charge >= 0.3 is 5.97 Å². The van der Waals surface area contributed by atoms with Crippen molar-refractivity contribution in [2.75, 3.05) is 5.32 Å². The molecule has 1 heterocycles. The van der Waals surface area contributed by atoms with Crippen molar-refractivity contribution in [3.8, 4) is 11.1 Å². The molecule has 0 amide bonds. The van der Waals surface area contributed by atoms with Crippen LogP contribution < -0.4 is 10.6 Å². The molecular formula is C36H44N4O2S.